The second-order valence-electron chi connectivity index (χ2n) is 6.49. The first kappa shape index (κ1) is 15.0. The van der Waals surface area contributed by atoms with Crippen molar-refractivity contribution in [3.63, 3.8) is 0 Å². The molecular weight excluding hydrogens is 184 g/mol. The lowest BCUT2D eigenvalue weighted by molar-refractivity contribution is -0.0804. The molecule has 1 nitrogen and oxygen atoms in total. The zero-order valence-electron chi connectivity index (χ0n) is 12.0. The first-order valence-corrected chi connectivity index (χ1v) is 6.25. The summed E-state index contributed by atoms with van der Waals surface area (Å²) in [5.41, 5.74) is 0.347. The molecule has 0 spiro atoms. The fourth-order valence-corrected chi connectivity index (χ4v) is 1.22. The summed E-state index contributed by atoms with van der Waals surface area (Å²) in [6.45, 7) is 18.9. The quantitative estimate of drug-likeness (QED) is 0.654. The Hall–Kier alpha value is -0.0400. The van der Waals surface area contributed by atoms with Gasteiger partial charge in [0.2, 0.25) is 0 Å². The lowest BCUT2D eigenvalue weighted by Crippen LogP contribution is -2.35. The van der Waals surface area contributed by atoms with Gasteiger partial charge in [0.05, 0.1) is 12.2 Å². The van der Waals surface area contributed by atoms with Crippen molar-refractivity contribution in [1.29, 1.82) is 0 Å². The highest BCUT2D eigenvalue weighted by atomic mass is 16.5. The zero-order chi connectivity index (χ0) is 12.3. The molecule has 1 heteroatoms. The van der Waals surface area contributed by atoms with E-state index in [4.69, 9.17) is 4.74 Å². The number of ether oxygens (including phenoxy) is 1. The molecule has 0 heterocycles. The van der Waals surface area contributed by atoms with Gasteiger partial charge >= 0.3 is 0 Å². The fraction of sp³-hybridized carbons (Fsp3) is 1.00. The zero-order valence-corrected chi connectivity index (χ0v) is 12.0. The highest BCUT2D eigenvalue weighted by Gasteiger charge is 2.28. The summed E-state index contributed by atoms with van der Waals surface area (Å²) in [4.78, 5) is 0. The molecule has 0 aromatic heterocycles. The van der Waals surface area contributed by atoms with E-state index >= 15 is 0 Å². The molecule has 0 aliphatic carbocycles. The predicted molar refractivity (Wildman–Crippen MR) is 68.1 cm³/mol. The Morgan fingerprint density at radius 1 is 0.933 bits per heavy atom. The van der Waals surface area contributed by atoms with Crippen molar-refractivity contribution >= 4 is 0 Å². The van der Waals surface area contributed by atoms with Crippen molar-refractivity contribution in [1.82, 2.24) is 0 Å². The van der Waals surface area contributed by atoms with Crippen LogP contribution in [0.15, 0.2) is 0 Å². The van der Waals surface area contributed by atoms with Gasteiger partial charge in [-0.2, -0.15) is 0 Å². The maximum atomic E-state index is 6.07. The molecule has 92 valence electrons. The molecule has 0 aromatic rings. The molecule has 2 unspecified atom stereocenters. The minimum atomic E-state index is 0.00819. The van der Waals surface area contributed by atoms with Gasteiger partial charge in [0, 0.05) is 0 Å². The number of hydrogen-bond donors (Lipinski definition) is 0. The van der Waals surface area contributed by atoms with Crippen LogP contribution < -0.4 is 0 Å². The van der Waals surface area contributed by atoms with Gasteiger partial charge in [0.1, 0.15) is 0 Å². The Morgan fingerprint density at radius 2 is 1.40 bits per heavy atom. The first-order chi connectivity index (χ1) is 6.61. The smallest absolute Gasteiger partial charge is 0.0651 e. The molecule has 0 aliphatic rings. The van der Waals surface area contributed by atoms with Gasteiger partial charge in [-0.15, -0.1) is 0 Å². The van der Waals surface area contributed by atoms with Crippen LogP contribution in [0.1, 0.15) is 61.8 Å². The molecule has 0 bridgehead atoms. The Balaban J connectivity index is 4.15. The van der Waals surface area contributed by atoms with Gasteiger partial charge in [-0.25, -0.2) is 0 Å². The van der Waals surface area contributed by atoms with Crippen LogP contribution in [-0.2, 0) is 4.74 Å². The highest BCUT2D eigenvalue weighted by molar-refractivity contribution is 4.77. The summed E-state index contributed by atoms with van der Waals surface area (Å²) in [5.74, 6) is 1.21. The topological polar surface area (TPSA) is 9.23 Å². The molecule has 0 N–H and O–H groups in total. The van der Waals surface area contributed by atoms with E-state index < -0.39 is 0 Å². The molecule has 2 atom stereocenters. The van der Waals surface area contributed by atoms with Crippen molar-refractivity contribution in [2.45, 2.75) is 67.4 Å². The highest BCUT2D eigenvalue weighted by Crippen LogP contribution is 2.29. The van der Waals surface area contributed by atoms with E-state index in [-0.39, 0.29) is 5.60 Å². The van der Waals surface area contributed by atoms with E-state index in [0.717, 1.165) is 6.61 Å². The predicted octanol–water partition coefficient (Wildman–Crippen LogP) is 4.51. The SMILES string of the molecule is CCC(C)C(C)(C)OCC(C)C(C)(C)C. The Morgan fingerprint density at radius 3 is 1.73 bits per heavy atom. The molecule has 0 aromatic carbocycles. The molecule has 15 heavy (non-hydrogen) atoms. The normalized spacial score (nSPS) is 17.6. The molecule has 0 radical (unpaired) electrons. The minimum absolute atomic E-state index is 0.00819. The van der Waals surface area contributed by atoms with Crippen LogP contribution in [0.2, 0.25) is 0 Å². The Labute approximate surface area is 96.6 Å². The van der Waals surface area contributed by atoms with E-state index in [9.17, 15) is 0 Å². The largest absolute Gasteiger partial charge is 0.375 e. The van der Waals surface area contributed by atoms with E-state index in [2.05, 4.69) is 55.4 Å². The summed E-state index contributed by atoms with van der Waals surface area (Å²) < 4.78 is 6.07. The summed E-state index contributed by atoms with van der Waals surface area (Å²) in [6.07, 6.45) is 1.18. The lowest BCUT2D eigenvalue weighted by Gasteiger charge is -2.35. The standard InChI is InChI=1S/C14H30O/c1-9-11(2)14(7,8)15-10-12(3)13(4,5)6/h11-12H,9-10H2,1-8H3. The van der Waals surface area contributed by atoms with Crippen molar-refractivity contribution in [3.05, 3.63) is 0 Å². The van der Waals surface area contributed by atoms with Crippen LogP contribution in [0, 0.1) is 17.3 Å². The number of rotatable bonds is 5. The van der Waals surface area contributed by atoms with Crippen molar-refractivity contribution in [2.24, 2.45) is 17.3 Å². The van der Waals surface area contributed by atoms with E-state index in [1.54, 1.807) is 0 Å². The number of hydrogen-bond acceptors (Lipinski definition) is 1. The van der Waals surface area contributed by atoms with Gasteiger partial charge in [-0.3, -0.25) is 0 Å². The van der Waals surface area contributed by atoms with Gasteiger partial charge < -0.3 is 4.74 Å². The average molecular weight is 214 g/mol. The summed E-state index contributed by atoms with van der Waals surface area (Å²) in [6, 6.07) is 0. The molecule has 0 saturated heterocycles. The third-order valence-electron chi connectivity index (χ3n) is 3.98. The minimum Gasteiger partial charge on any atom is -0.375 e. The third kappa shape index (κ3) is 5.01. The van der Waals surface area contributed by atoms with E-state index in [0.29, 0.717) is 17.3 Å². The molecular formula is C14H30O. The van der Waals surface area contributed by atoms with Crippen LogP contribution in [0.3, 0.4) is 0 Å². The molecule has 0 rings (SSSR count). The van der Waals surface area contributed by atoms with Crippen LogP contribution in [-0.4, -0.2) is 12.2 Å². The first-order valence-electron chi connectivity index (χ1n) is 6.25. The van der Waals surface area contributed by atoms with Crippen LogP contribution in [0.4, 0.5) is 0 Å². The van der Waals surface area contributed by atoms with Crippen LogP contribution in [0.25, 0.3) is 0 Å². The van der Waals surface area contributed by atoms with Crippen LogP contribution >= 0.6 is 0 Å². The molecule has 0 saturated carbocycles. The molecule has 0 aliphatic heterocycles. The second-order valence-corrected chi connectivity index (χ2v) is 6.49. The maximum Gasteiger partial charge on any atom is 0.0651 e. The lowest BCUT2D eigenvalue weighted by atomic mass is 9.82. The molecule has 0 fully saturated rings. The Bertz CT molecular complexity index is 176. The van der Waals surface area contributed by atoms with Gasteiger partial charge in [0.15, 0.2) is 0 Å². The second kappa shape index (κ2) is 5.34. The van der Waals surface area contributed by atoms with Gasteiger partial charge in [0.25, 0.3) is 0 Å². The van der Waals surface area contributed by atoms with E-state index in [1.165, 1.54) is 6.42 Å². The van der Waals surface area contributed by atoms with E-state index in [1.807, 2.05) is 0 Å². The van der Waals surface area contributed by atoms with Crippen molar-refractivity contribution in [3.8, 4) is 0 Å². The van der Waals surface area contributed by atoms with Crippen molar-refractivity contribution < 1.29 is 4.74 Å². The molecule has 0 amide bonds. The summed E-state index contributed by atoms with van der Waals surface area (Å²) >= 11 is 0. The monoisotopic (exact) mass is 214 g/mol. The van der Waals surface area contributed by atoms with Crippen molar-refractivity contribution in [2.75, 3.05) is 6.61 Å². The van der Waals surface area contributed by atoms with Gasteiger partial charge in [-0.05, 0) is 31.1 Å². The third-order valence-corrected chi connectivity index (χ3v) is 3.98. The summed E-state index contributed by atoms with van der Waals surface area (Å²) in [7, 11) is 0. The summed E-state index contributed by atoms with van der Waals surface area (Å²) in [5, 5.41) is 0. The fourth-order valence-electron chi connectivity index (χ4n) is 1.22. The van der Waals surface area contributed by atoms with Gasteiger partial charge in [-0.1, -0.05) is 48.0 Å². The maximum absolute atomic E-state index is 6.07. The Kier molecular flexibility index (Phi) is 5.32. The average Bonchev–Trinajstić information content (AvgIpc) is 2.11. The van der Waals surface area contributed by atoms with Crippen LogP contribution in [0.5, 0.6) is 0 Å².